The Morgan fingerprint density at radius 3 is 2.76 bits per heavy atom. The van der Waals surface area contributed by atoms with Crippen molar-refractivity contribution in [1.29, 1.82) is 0 Å². The van der Waals surface area contributed by atoms with Crippen LogP contribution in [0.5, 0.6) is 0 Å². The van der Waals surface area contributed by atoms with Gasteiger partial charge in [0, 0.05) is 13.0 Å². The standard InChI is InChI=1S/C13H26N2O2/c1-13(2,3)7-11(16)9-15-12(17)6-10-4-5-14-8-10/h10-11,14,16H,4-9H2,1-3H3,(H,15,17). The Hall–Kier alpha value is -0.610. The molecule has 3 N–H and O–H groups in total. The SMILES string of the molecule is CC(C)(C)CC(O)CNC(=O)CC1CCNC1. The number of nitrogens with one attached hydrogen (secondary N) is 2. The van der Waals surface area contributed by atoms with Gasteiger partial charge in [-0.15, -0.1) is 0 Å². The second-order valence-corrected chi connectivity index (χ2v) is 6.29. The highest BCUT2D eigenvalue weighted by Crippen LogP contribution is 2.20. The summed E-state index contributed by atoms with van der Waals surface area (Å²) in [6.07, 6.45) is 1.92. The molecule has 0 aliphatic carbocycles. The summed E-state index contributed by atoms with van der Waals surface area (Å²) in [6, 6.07) is 0. The van der Waals surface area contributed by atoms with Gasteiger partial charge in [0.2, 0.25) is 5.91 Å². The summed E-state index contributed by atoms with van der Waals surface area (Å²) in [5.41, 5.74) is 0.0967. The molecule has 1 fully saturated rings. The number of hydrogen-bond acceptors (Lipinski definition) is 3. The highest BCUT2D eigenvalue weighted by molar-refractivity contribution is 5.76. The van der Waals surface area contributed by atoms with Crippen LogP contribution in [0, 0.1) is 11.3 Å². The van der Waals surface area contributed by atoms with Crippen LogP contribution >= 0.6 is 0 Å². The van der Waals surface area contributed by atoms with Gasteiger partial charge in [0.25, 0.3) is 0 Å². The van der Waals surface area contributed by atoms with Gasteiger partial charge in [-0.25, -0.2) is 0 Å². The van der Waals surface area contributed by atoms with Gasteiger partial charge in [0.15, 0.2) is 0 Å². The molecule has 0 bridgehead atoms. The fourth-order valence-corrected chi connectivity index (χ4v) is 2.23. The zero-order valence-electron chi connectivity index (χ0n) is 11.3. The Morgan fingerprint density at radius 1 is 1.53 bits per heavy atom. The second-order valence-electron chi connectivity index (χ2n) is 6.29. The van der Waals surface area contributed by atoms with Gasteiger partial charge in [-0.2, -0.15) is 0 Å². The molecule has 1 rings (SSSR count). The van der Waals surface area contributed by atoms with E-state index in [2.05, 4.69) is 31.4 Å². The predicted octanol–water partition coefficient (Wildman–Crippen LogP) is 0.899. The van der Waals surface area contributed by atoms with Crippen LogP contribution in [-0.4, -0.2) is 36.8 Å². The summed E-state index contributed by atoms with van der Waals surface area (Å²) in [6.45, 7) is 8.59. The number of carbonyl (C=O) groups excluding carboxylic acids is 1. The monoisotopic (exact) mass is 242 g/mol. The number of carbonyl (C=O) groups is 1. The molecule has 1 amide bonds. The molecule has 1 aliphatic heterocycles. The number of amides is 1. The van der Waals surface area contributed by atoms with Gasteiger partial charge < -0.3 is 15.7 Å². The first kappa shape index (κ1) is 14.5. The van der Waals surface area contributed by atoms with Crippen molar-refractivity contribution in [3.05, 3.63) is 0 Å². The highest BCUT2D eigenvalue weighted by Gasteiger charge is 2.20. The molecule has 0 aromatic rings. The number of aliphatic hydroxyl groups excluding tert-OH is 1. The van der Waals surface area contributed by atoms with Crippen molar-refractivity contribution in [2.24, 2.45) is 11.3 Å². The minimum Gasteiger partial charge on any atom is -0.391 e. The Morgan fingerprint density at radius 2 is 2.24 bits per heavy atom. The van der Waals surface area contributed by atoms with Crippen molar-refractivity contribution in [3.63, 3.8) is 0 Å². The summed E-state index contributed by atoms with van der Waals surface area (Å²) >= 11 is 0. The quantitative estimate of drug-likeness (QED) is 0.671. The Labute approximate surface area is 104 Å². The van der Waals surface area contributed by atoms with Crippen LogP contribution in [-0.2, 0) is 4.79 Å². The van der Waals surface area contributed by atoms with E-state index in [1.165, 1.54) is 0 Å². The molecule has 4 heteroatoms. The zero-order chi connectivity index (χ0) is 12.9. The first-order valence-electron chi connectivity index (χ1n) is 6.52. The third-order valence-electron chi connectivity index (χ3n) is 3.02. The second kappa shape index (κ2) is 6.36. The zero-order valence-corrected chi connectivity index (χ0v) is 11.3. The molecular weight excluding hydrogens is 216 g/mol. The predicted molar refractivity (Wildman–Crippen MR) is 68.7 cm³/mol. The van der Waals surface area contributed by atoms with Crippen molar-refractivity contribution >= 4 is 5.91 Å². The van der Waals surface area contributed by atoms with Gasteiger partial charge in [0.1, 0.15) is 0 Å². The van der Waals surface area contributed by atoms with Crippen LogP contribution in [0.4, 0.5) is 0 Å². The number of aliphatic hydroxyl groups is 1. The average Bonchev–Trinajstić information content (AvgIpc) is 2.64. The van der Waals surface area contributed by atoms with Gasteiger partial charge in [-0.3, -0.25) is 4.79 Å². The maximum atomic E-state index is 11.6. The van der Waals surface area contributed by atoms with E-state index in [9.17, 15) is 9.90 Å². The topological polar surface area (TPSA) is 61.4 Å². The maximum absolute atomic E-state index is 11.6. The molecule has 4 nitrogen and oxygen atoms in total. The van der Waals surface area contributed by atoms with Gasteiger partial charge >= 0.3 is 0 Å². The van der Waals surface area contributed by atoms with E-state index in [-0.39, 0.29) is 11.3 Å². The Bertz CT molecular complexity index is 242. The Kier molecular flexibility index (Phi) is 5.40. The van der Waals surface area contributed by atoms with Crippen LogP contribution in [0.3, 0.4) is 0 Å². The molecular formula is C13H26N2O2. The molecule has 2 unspecified atom stereocenters. The minimum atomic E-state index is -0.444. The molecule has 2 atom stereocenters. The third-order valence-corrected chi connectivity index (χ3v) is 3.02. The first-order valence-corrected chi connectivity index (χ1v) is 6.52. The van der Waals surface area contributed by atoms with E-state index in [0.717, 1.165) is 19.5 Å². The van der Waals surface area contributed by atoms with E-state index < -0.39 is 6.10 Å². The molecule has 1 saturated heterocycles. The van der Waals surface area contributed by atoms with Crippen LogP contribution in [0.15, 0.2) is 0 Å². The first-order chi connectivity index (χ1) is 7.87. The summed E-state index contributed by atoms with van der Waals surface area (Å²) in [5.74, 6) is 0.529. The maximum Gasteiger partial charge on any atom is 0.220 e. The van der Waals surface area contributed by atoms with Crippen LogP contribution in [0.2, 0.25) is 0 Å². The van der Waals surface area contributed by atoms with Crippen LogP contribution in [0.25, 0.3) is 0 Å². The molecule has 1 heterocycles. The molecule has 17 heavy (non-hydrogen) atoms. The number of rotatable bonds is 5. The van der Waals surface area contributed by atoms with E-state index in [1.54, 1.807) is 0 Å². The largest absolute Gasteiger partial charge is 0.391 e. The van der Waals surface area contributed by atoms with Crippen molar-refractivity contribution < 1.29 is 9.90 Å². The summed E-state index contributed by atoms with van der Waals surface area (Å²) in [7, 11) is 0. The molecule has 0 aromatic carbocycles. The molecule has 100 valence electrons. The van der Waals surface area contributed by atoms with E-state index >= 15 is 0 Å². The van der Waals surface area contributed by atoms with Crippen LogP contribution in [0.1, 0.15) is 40.0 Å². The van der Waals surface area contributed by atoms with Crippen molar-refractivity contribution in [2.75, 3.05) is 19.6 Å². The smallest absolute Gasteiger partial charge is 0.220 e. The lowest BCUT2D eigenvalue weighted by molar-refractivity contribution is -0.122. The fraction of sp³-hybridized carbons (Fsp3) is 0.923. The summed E-state index contributed by atoms with van der Waals surface area (Å²) in [4.78, 5) is 11.6. The molecule has 0 aromatic heterocycles. The van der Waals surface area contributed by atoms with Gasteiger partial charge in [-0.1, -0.05) is 20.8 Å². The lowest BCUT2D eigenvalue weighted by atomic mass is 9.89. The van der Waals surface area contributed by atoms with E-state index in [0.29, 0.717) is 25.3 Å². The summed E-state index contributed by atoms with van der Waals surface area (Å²) in [5, 5.41) is 15.8. The molecule has 0 spiro atoms. The highest BCUT2D eigenvalue weighted by atomic mass is 16.3. The summed E-state index contributed by atoms with van der Waals surface area (Å²) < 4.78 is 0. The van der Waals surface area contributed by atoms with Crippen LogP contribution < -0.4 is 10.6 Å². The Balaban J connectivity index is 2.14. The normalized spacial score (nSPS) is 22.5. The third kappa shape index (κ3) is 6.64. The van der Waals surface area contributed by atoms with E-state index in [4.69, 9.17) is 0 Å². The van der Waals surface area contributed by atoms with Gasteiger partial charge in [0.05, 0.1) is 6.10 Å². The molecule has 0 radical (unpaired) electrons. The molecule has 1 aliphatic rings. The van der Waals surface area contributed by atoms with Crippen molar-refractivity contribution in [3.8, 4) is 0 Å². The van der Waals surface area contributed by atoms with Gasteiger partial charge in [-0.05, 0) is 37.3 Å². The molecule has 0 saturated carbocycles. The minimum absolute atomic E-state index is 0.0617. The average molecular weight is 242 g/mol. The lowest BCUT2D eigenvalue weighted by Crippen LogP contribution is -2.35. The number of hydrogen-bond donors (Lipinski definition) is 3. The lowest BCUT2D eigenvalue weighted by Gasteiger charge is -2.22. The van der Waals surface area contributed by atoms with Crippen molar-refractivity contribution in [1.82, 2.24) is 10.6 Å². The fourth-order valence-electron chi connectivity index (χ4n) is 2.23. The van der Waals surface area contributed by atoms with Crippen molar-refractivity contribution in [2.45, 2.75) is 46.1 Å². The van der Waals surface area contributed by atoms with E-state index in [1.807, 2.05) is 0 Å².